The van der Waals surface area contributed by atoms with E-state index in [4.69, 9.17) is 11.6 Å². The Labute approximate surface area is 170 Å². The Morgan fingerprint density at radius 2 is 1.86 bits per heavy atom. The quantitative estimate of drug-likeness (QED) is 0.847. The Kier molecular flexibility index (Phi) is 5.44. The zero-order chi connectivity index (χ0) is 19.7. The zero-order valence-electron chi connectivity index (χ0n) is 16.1. The average molecular weight is 400 g/mol. The first kappa shape index (κ1) is 19.1. The summed E-state index contributed by atoms with van der Waals surface area (Å²) in [4.78, 5) is 27.8. The molecule has 0 saturated heterocycles. The minimum absolute atomic E-state index is 0.0453. The fourth-order valence-electron chi connectivity index (χ4n) is 4.29. The number of hydrogen-bond donors (Lipinski definition) is 1. The second-order valence-corrected chi connectivity index (χ2v) is 8.51. The van der Waals surface area contributed by atoms with Crippen molar-refractivity contribution in [2.45, 2.75) is 57.8 Å². The third-order valence-electron chi connectivity index (χ3n) is 5.96. The largest absolute Gasteiger partial charge is 0.351 e. The molecule has 1 aliphatic carbocycles. The van der Waals surface area contributed by atoms with E-state index in [1.807, 2.05) is 47.2 Å². The lowest BCUT2D eigenvalue weighted by atomic mass is 9.87. The van der Waals surface area contributed by atoms with Crippen molar-refractivity contribution >= 4 is 23.4 Å². The molecule has 0 radical (unpaired) electrons. The standard InChI is InChI=1S/C22H26ClN3O2/c1-15-4-10-18(11-5-15)24-22(28)21-19-3-2-12-25(19)14-20(27)26(21)13-16-6-8-17(23)9-7-16/h2-3,6-9,12,15,18,21H,4-5,10-11,13-14H2,1H3,(H,24,28)/t15?,18?,21-/m1/s1. The van der Waals surface area contributed by atoms with Gasteiger partial charge in [0.15, 0.2) is 6.04 Å². The van der Waals surface area contributed by atoms with Gasteiger partial charge < -0.3 is 14.8 Å². The maximum atomic E-state index is 13.3. The van der Waals surface area contributed by atoms with Gasteiger partial charge in [-0.05, 0) is 61.4 Å². The highest BCUT2D eigenvalue weighted by Gasteiger charge is 2.38. The average Bonchev–Trinajstić information content (AvgIpc) is 3.13. The van der Waals surface area contributed by atoms with Gasteiger partial charge >= 0.3 is 0 Å². The summed E-state index contributed by atoms with van der Waals surface area (Å²) in [6.07, 6.45) is 6.16. The van der Waals surface area contributed by atoms with Crippen LogP contribution in [0.25, 0.3) is 0 Å². The fourth-order valence-corrected chi connectivity index (χ4v) is 4.41. The highest BCUT2D eigenvalue weighted by Crippen LogP contribution is 2.30. The molecule has 2 aliphatic rings. The van der Waals surface area contributed by atoms with Gasteiger partial charge in [0.25, 0.3) is 0 Å². The summed E-state index contributed by atoms with van der Waals surface area (Å²) >= 11 is 5.99. The molecule has 0 unspecified atom stereocenters. The van der Waals surface area contributed by atoms with Crippen LogP contribution in [0.15, 0.2) is 42.6 Å². The number of rotatable bonds is 4. The van der Waals surface area contributed by atoms with Gasteiger partial charge in [0.1, 0.15) is 6.54 Å². The van der Waals surface area contributed by atoms with Crippen LogP contribution in [-0.2, 0) is 22.7 Å². The second kappa shape index (κ2) is 8.00. The highest BCUT2D eigenvalue weighted by molar-refractivity contribution is 6.30. The molecule has 1 fully saturated rings. The summed E-state index contributed by atoms with van der Waals surface area (Å²) in [7, 11) is 0. The Morgan fingerprint density at radius 3 is 2.57 bits per heavy atom. The lowest BCUT2D eigenvalue weighted by Crippen LogP contribution is -2.50. The van der Waals surface area contributed by atoms with Crippen molar-refractivity contribution in [3.05, 3.63) is 58.9 Å². The van der Waals surface area contributed by atoms with E-state index in [0.717, 1.165) is 42.9 Å². The lowest BCUT2D eigenvalue weighted by molar-refractivity contribution is -0.144. The van der Waals surface area contributed by atoms with Gasteiger partial charge in [0.2, 0.25) is 11.8 Å². The number of fused-ring (bicyclic) bond motifs is 1. The Morgan fingerprint density at radius 1 is 1.14 bits per heavy atom. The first-order valence-corrected chi connectivity index (χ1v) is 10.4. The highest BCUT2D eigenvalue weighted by atomic mass is 35.5. The lowest BCUT2D eigenvalue weighted by Gasteiger charge is -2.37. The molecule has 28 heavy (non-hydrogen) atoms. The van der Waals surface area contributed by atoms with E-state index in [0.29, 0.717) is 11.6 Å². The molecule has 148 valence electrons. The van der Waals surface area contributed by atoms with Gasteiger partial charge in [-0.15, -0.1) is 0 Å². The molecular formula is C22H26ClN3O2. The van der Waals surface area contributed by atoms with E-state index in [2.05, 4.69) is 12.2 Å². The SMILES string of the molecule is CC1CCC(NC(=O)[C@H]2c3cccn3CC(=O)N2Cc2ccc(Cl)cc2)CC1. The van der Waals surface area contributed by atoms with E-state index in [9.17, 15) is 9.59 Å². The van der Waals surface area contributed by atoms with Gasteiger partial charge in [0.05, 0.1) is 5.69 Å². The molecule has 2 amide bonds. The van der Waals surface area contributed by atoms with E-state index >= 15 is 0 Å². The zero-order valence-corrected chi connectivity index (χ0v) is 16.9. The van der Waals surface area contributed by atoms with Crippen LogP contribution in [0.5, 0.6) is 0 Å². The van der Waals surface area contributed by atoms with Crippen molar-refractivity contribution in [2.75, 3.05) is 0 Å². The number of hydrogen-bond acceptors (Lipinski definition) is 2. The number of carbonyl (C=O) groups excluding carboxylic acids is 2. The van der Waals surface area contributed by atoms with Crippen molar-refractivity contribution in [1.29, 1.82) is 0 Å². The first-order valence-electron chi connectivity index (χ1n) is 10.0. The molecule has 2 aromatic rings. The van der Waals surface area contributed by atoms with E-state index in [1.54, 1.807) is 4.90 Å². The number of benzene rings is 1. The third-order valence-corrected chi connectivity index (χ3v) is 6.21. The van der Waals surface area contributed by atoms with E-state index < -0.39 is 6.04 Å². The molecule has 1 aromatic heterocycles. The van der Waals surface area contributed by atoms with Crippen molar-refractivity contribution < 1.29 is 9.59 Å². The second-order valence-electron chi connectivity index (χ2n) is 8.08. The summed E-state index contributed by atoms with van der Waals surface area (Å²) in [5, 5.41) is 3.87. The van der Waals surface area contributed by atoms with Crippen LogP contribution in [0.2, 0.25) is 5.02 Å². The minimum atomic E-state index is -0.605. The molecule has 1 atom stereocenters. The summed E-state index contributed by atoms with van der Waals surface area (Å²) in [5.74, 6) is 0.598. The van der Waals surface area contributed by atoms with Crippen molar-refractivity contribution in [1.82, 2.24) is 14.8 Å². The van der Waals surface area contributed by atoms with E-state index in [1.165, 1.54) is 0 Å². The number of aromatic nitrogens is 1. The molecular weight excluding hydrogens is 374 g/mol. The van der Waals surface area contributed by atoms with Crippen LogP contribution in [0.4, 0.5) is 0 Å². The third kappa shape index (κ3) is 3.95. The number of carbonyl (C=O) groups is 2. The number of amides is 2. The topological polar surface area (TPSA) is 54.3 Å². The van der Waals surface area contributed by atoms with Gasteiger partial charge in [-0.3, -0.25) is 9.59 Å². The Hall–Kier alpha value is -2.27. The number of nitrogens with one attached hydrogen (secondary N) is 1. The van der Waals surface area contributed by atoms with Crippen LogP contribution in [-0.4, -0.2) is 27.3 Å². The summed E-state index contributed by atoms with van der Waals surface area (Å²) < 4.78 is 1.88. The van der Waals surface area contributed by atoms with Crippen LogP contribution < -0.4 is 5.32 Å². The maximum absolute atomic E-state index is 13.3. The predicted octanol–water partition coefficient (Wildman–Crippen LogP) is 3.92. The smallest absolute Gasteiger partial charge is 0.249 e. The molecule has 0 spiro atoms. The van der Waals surface area contributed by atoms with Crippen molar-refractivity contribution in [3.63, 3.8) is 0 Å². The molecule has 1 saturated carbocycles. The Balaban J connectivity index is 1.57. The van der Waals surface area contributed by atoms with Crippen LogP contribution in [0.1, 0.15) is 49.9 Å². The van der Waals surface area contributed by atoms with Gasteiger partial charge in [0, 0.05) is 23.8 Å². The summed E-state index contributed by atoms with van der Waals surface area (Å²) in [6.45, 7) is 2.92. The fraction of sp³-hybridized carbons (Fsp3) is 0.455. The molecule has 1 aromatic carbocycles. The molecule has 1 N–H and O–H groups in total. The van der Waals surface area contributed by atoms with Gasteiger partial charge in [-0.2, -0.15) is 0 Å². The number of nitrogens with zero attached hydrogens (tertiary/aromatic N) is 2. The monoisotopic (exact) mass is 399 g/mol. The molecule has 5 nitrogen and oxygen atoms in total. The van der Waals surface area contributed by atoms with Crippen molar-refractivity contribution in [2.24, 2.45) is 5.92 Å². The number of halogens is 1. The molecule has 6 heteroatoms. The van der Waals surface area contributed by atoms with Gasteiger partial charge in [-0.1, -0.05) is 30.7 Å². The predicted molar refractivity (Wildman–Crippen MR) is 109 cm³/mol. The molecule has 1 aliphatic heterocycles. The molecule has 2 heterocycles. The molecule has 0 bridgehead atoms. The van der Waals surface area contributed by atoms with Gasteiger partial charge in [-0.25, -0.2) is 0 Å². The minimum Gasteiger partial charge on any atom is -0.351 e. The van der Waals surface area contributed by atoms with Crippen molar-refractivity contribution in [3.8, 4) is 0 Å². The maximum Gasteiger partial charge on any atom is 0.249 e. The Bertz CT molecular complexity index is 853. The summed E-state index contributed by atoms with van der Waals surface area (Å²) in [5.41, 5.74) is 1.83. The van der Waals surface area contributed by atoms with Crippen LogP contribution in [0, 0.1) is 5.92 Å². The van der Waals surface area contributed by atoms with E-state index in [-0.39, 0.29) is 24.4 Å². The first-order chi connectivity index (χ1) is 13.5. The normalized spacial score (nSPS) is 24.7. The van der Waals surface area contributed by atoms with Crippen LogP contribution >= 0.6 is 11.6 Å². The molecule has 4 rings (SSSR count). The van der Waals surface area contributed by atoms with Crippen LogP contribution in [0.3, 0.4) is 0 Å². The summed E-state index contributed by atoms with van der Waals surface area (Å²) in [6, 6.07) is 10.9.